The summed E-state index contributed by atoms with van der Waals surface area (Å²) in [7, 11) is 4.77. The van der Waals surface area contributed by atoms with Crippen LogP contribution in [-0.4, -0.2) is 21.3 Å². The van der Waals surface area contributed by atoms with Gasteiger partial charge in [0, 0.05) is 11.6 Å². The van der Waals surface area contributed by atoms with E-state index in [4.69, 9.17) is 19.9 Å². The van der Waals surface area contributed by atoms with Gasteiger partial charge in [-0.05, 0) is 25.0 Å². The Morgan fingerprint density at radius 2 is 1.83 bits per heavy atom. The standard InChI is InChI=1S/C14H21NO3/c1-5-6-7-11(15)10-8-9-12(16-2)14(18-4)13(10)17-3/h5,8-9,11H,1,6-7,15H2,2-4H3/t11-/m0/s1. The molecular formula is C14H21NO3. The molecule has 1 aromatic carbocycles. The van der Waals surface area contributed by atoms with Crippen molar-refractivity contribution in [2.24, 2.45) is 5.73 Å². The molecule has 2 N–H and O–H groups in total. The van der Waals surface area contributed by atoms with Crippen LogP contribution >= 0.6 is 0 Å². The Balaban J connectivity index is 3.15. The van der Waals surface area contributed by atoms with Crippen LogP contribution in [0.25, 0.3) is 0 Å². The van der Waals surface area contributed by atoms with Crippen molar-refractivity contribution >= 4 is 0 Å². The van der Waals surface area contributed by atoms with Gasteiger partial charge in [-0.1, -0.05) is 6.08 Å². The lowest BCUT2D eigenvalue weighted by Gasteiger charge is -2.19. The number of methoxy groups -OCH3 is 3. The summed E-state index contributed by atoms with van der Waals surface area (Å²) in [6.45, 7) is 3.70. The Labute approximate surface area is 108 Å². The maximum absolute atomic E-state index is 6.15. The molecule has 1 rings (SSSR count). The molecule has 100 valence electrons. The number of benzene rings is 1. The number of rotatable bonds is 7. The summed E-state index contributed by atoms with van der Waals surface area (Å²) >= 11 is 0. The lowest BCUT2D eigenvalue weighted by Crippen LogP contribution is -2.12. The Kier molecular flexibility index (Phi) is 5.52. The summed E-state index contributed by atoms with van der Waals surface area (Å²) in [4.78, 5) is 0. The first-order valence-corrected chi connectivity index (χ1v) is 5.84. The smallest absolute Gasteiger partial charge is 0.203 e. The van der Waals surface area contributed by atoms with Crippen LogP contribution in [0.4, 0.5) is 0 Å². The van der Waals surface area contributed by atoms with Crippen molar-refractivity contribution in [2.75, 3.05) is 21.3 Å². The van der Waals surface area contributed by atoms with Crippen molar-refractivity contribution in [3.8, 4) is 17.2 Å². The molecule has 0 aliphatic heterocycles. The van der Waals surface area contributed by atoms with Crippen LogP contribution in [0.2, 0.25) is 0 Å². The molecule has 0 heterocycles. The lowest BCUT2D eigenvalue weighted by molar-refractivity contribution is 0.320. The normalized spacial score (nSPS) is 11.8. The molecule has 0 saturated heterocycles. The van der Waals surface area contributed by atoms with Crippen molar-refractivity contribution in [2.45, 2.75) is 18.9 Å². The van der Waals surface area contributed by atoms with Gasteiger partial charge < -0.3 is 19.9 Å². The lowest BCUT2D eigenvalue weighted by atomic mass is 10.0. The SMILES string of the molecule is C=CCC[C@H](N)c1ccc(OC)c(OC)c1OC. The van der Waals surface area contributed by atoms with Gasteiger partial charge in [0.1, 0.15) is 0 Å². The van der Waals surface area contributed by atoms with E-state index in [1.165, 1.54) is 0 Å². The summed E-state index contributed by atoms with van der Waals surface area (Å²) in [6.07, 6.45) is 3.53. The van der Waals surface area contributed by atoms with Gasteiger partial charge in [0.2, 0.25) is 5.75 Å². The van der Waals surface area contributed by atoms with Crippen molar-refractivity contribution < 1.29 is 14.2 Å². The number of hydrogen-bond acceptors (Lipinski definition) is 4. The van der Waals surface area contributed by atoms with Gasteiger partial charge in [-0.2, -0.15) is 0 Å². The minimum atomic E-state index is -0.113. The van der Waals surface area contributed by atoms with Crippen molar-refractivity contribution in [3.63, 3.8) is 0 Å². The monoisotopic (exact) mass is 251 g/mol. The number of hydrogen-bond donors (Lipinski definition) is 1. The first-order valence-electron chi connectivity index (χ1n) is 5.84. The van der Waals surface area contributed by atoms with Gasteiger partial charge in [0.25, 0.3) is 0 Å². The van der Waals surface area contributed by atoms with E-state index in [2.05, 4.69) is 6.58 Å². The summed E-state index contributed by atoms with van der Waals surface area (Å²) in [6, 6.07) is 3.64. The van der Waals surface area contributed by atoms with Gasteiger partial charge in [0.05, 0.1) is 21.3 Å². The van der Waals surface area contributed by atoms with E-state index >= 15 is 0 Å². The molecule has 1 aromatic rings. The molecule has 0 aromatic heterocycles. The number of nitrogens with two attached hydrogens (primary N) is 1. The van der Waals surface area contributed by atoms with E-state index in [1.54, 1.807) is 21.3 Å². The van der Waals surface area contributed by atoms with Gasteiger partial charge >= 0.3 is 0 Å². The highest BCUT2D eigenvalue weighted by Crippen LogP contribution is 2.42. The Bertz CT molecular complexity index is 404. The van der Waals surface area contributed by atoms with Crippen LogP contribution in [0, 0.1) is 0 Å². The molecule has 18 heavy (non-hydrogen) atoms. The van der Waals surface area contributed by atoms with Crippen molar-refractivity contribution in [3.05, 3.63) is 30.4 Å². The summed E-state index contributed by atoms with van der Waals surface area (Å²) in [5, 5.41) is 0. The molecular weight excluding hydrogens is 230 g/mol. The third-order valence-electron chi connectivity index (χ3n) is 2.82. The van der Waals surface area contributed by atoms with Crippen LogP contribution in [0.1, 0.15) is 24.4 Å². The minimum absolute atomic E-state index is 0.113. The Morgan fingerprint density at radius 1 is 1.17 bits per heavy atom. The van der Waals surface area contributed by atoms with E-state index < -0.39 is 0 Å². The quantitative estimate of drug-likeness (QED) is 0.757. The molecule has 0 bridgehead atoms. The van der Waals surface area contributed by atoms with E-state index in [0.717, 1.165) is 18.4 Å². The molecule has 1 atom stereocenters. The maximum Gasteiger partial charge on any atom is 0.203 e. The average Bonchev–Trinajstić information content (AvgIpc) is 2.42. The average molecular weight is 251 g/mol. The minimum Gasteiger partial charge on any atom is -0.493 e. The highest BCUT2D eigenvalue weighted by molar-refractivity contribution is 5.56. The highest BCUT2D eigenvalue weighted by atomic mass is 16.5. The molecule has 0 spiro atoms. The first-order chi connectivity index (χ1) is 8.69. The summed E-state index contributed by atoms with van der Waals surface area (Å²) < 4.78 is 16.0. The predicted molar refractivity (Wildman–Crippen MR) is 72.5 cm³/mol. The molecule has 4 nitrogen and oxygen atoms in total. The van der Waals surface area contributed by atoms with Gasteiger partial charge in [-0.25, -0.2) is 0 Å². The van der Waals surface area contributed by atoms with E-state index in [1.807, 2.05) is 18.2 Å². The largest absolute Gasteiger partial charge is 0.493 e. The summed E-state index contributed by atoms with van der Waals surface area (Å²) in [5.74, 6) is 1.84. The van der Waals surface area contributed by atoms with Crippen LogP contribution in [-0.2, 0) is 0 Å². The van der Waals surface area contributed by atoms with Crippen LogP contribution in [0.15, 0.2) is 24.8 Å². The first kappa shape index (κ1) is 14.4. The van der Waals surface area contributed by atoms with Crippen LogP contribution in [0.3, 0.4) is 0 Å². The van der Waals surface area contributed by atoms with Crippen molar-refractivity contribution in [1.29, 1.82) is 0 Å². The fourth-order valence-electron chi connectivity index (χ4n) is 1.87. The second-order valence-corrected chi connectivity index (χ2v) is 3.90. The molecule has 0 fully saturated rings. The highest BCUT2D eigenvalue weighted by Gasteiger charge is 2.19. The van der Waals surface area contributed by atoms with E-state index in [-0.39, 0.29) is 6.04 Å². The number of allylic oxidation sites excluding steroid dienone is 1. The fourth-order valence-corrected chi connectivity index (χ4v) is 1.87. The van der Waals surface area contributed by atoms with Crippen LogP contribution < -0.4 is 19.9 Å². The van der Waals surface area contributed by atoms with Gasteiger partial charge in [0.15, 0.2) is 11.5 Å². The maximum atomic E-state index is 6.15. The topological polar surface area (TPSA) is 53.7 Å². The van der Waals surface area contributed by atoms with Gasteiger partial charge in [-0.15, -0.1) is 6.58 Å². The zero-order valence-corrected chi connectivity index (χ0v) is 11.2. The Morgan fingerprint density at radius 3 is 2.33 bits per heavy atom. The second-order valence-electron chi connectivity index (χ2n) is 3.90. The fraction of sp³-hybridized carbons (Fsp3) is 0.429. The molecule has 0 unspecified atom stereocenters. The molecule has 4 heteroatoms. The predicted octanol–water partition coefficient (Wildman–Crippen LogP) is 2.68. The van der Waals surface area contributed by atoms with E-state index in [0.29, 0.717) is 17.2 Å². The molecule has 0 radical (unpaired) electrons. The zero-order valence-electron chi connectivity index (χ0n) is 11.2. The molecule has 0 aliphatic carbocycles. The zero-order chi connectivity index (χ0) is 13.5. The molecule has 0 aliphatic rings. The second kappa shape index (κ2) is 6.91. The third-order valence-corrected chi connectivity index (χ3v) is 2.82. The molecule has 0 saturated carbocycles. The third kappa shape index (κ3) is 2.96. The van der Waals surface area contributed by atoms with E-state index in [9.17, 15) is 0 Å². The number of ether oxygens (including phenoxy) is 3. The van der Waals surface area contributed by atoms with Gasteiger partial charge in [-0.3, -0.25) is 0 Å². The summed E-state index contributed by atoms with van der Waals surface area (Å²) in [5.41, 5.74) is 7.06. The van der Waals surface area contributed by atoms with Crippen molar-refractivity contribution in [1.82, 2.24) is 0 Å². The van der Waals surface area contributed by atoms with Crippen LogP contribution in [0.5, 0.6) is 17.2 Å². The Hall–Kier alpha value is -1.68. The molecule has 0 amide bonds.